The Morgan fingerprint density at radius 2 is 1.96 bits per heavy atom. The van der Waals surface area contributed by atoms with Gasteiger partial charge in [0.2, 0.25) is 0 Å². The number of hydrazine groups is 3. The SMILES string of the molecule is NN(c1cc(O)ccc1C(=O)O)N1C2CC(c3ccccc3O)N21. The van der Waals surface area contributed by atoms with Gasteiger partial charge in [-0.05, 0) is 18.2 Å². The summed E-state index contributed by atoms with van der Waals surface area (Å²) in [6, 6.07) is 11.0. The van der Waals surface area contributed by atoms with Gasteiger partial charge in [0.1, 0.15) is 17.7 Å². The number of phenols is 2. The van der Waals surface area contributed by atoms with E-state index in [1.807, 2.05) is 17.1 Å². The highest BCUT2D eigenvalue weighted by Crippen LogP contribution is 2.55. The smallest absolute Gasteiger partial charge is 0.337 e. The number of hydrogen-bond donors (Lipinski definition) is 4. The Balaban J connectivity index is 1.59. The molecule has 2 aromatic carbocycles. The molecule has 0 radical (unpaired) electrons. The first kappa shape index (κ1) is 14.8. The van der Waals surface area contributed by atoms with Crippen LogP contribution in [0, 0.1) is 0 Å². The molecule has 4 atom stereocenters. The number of benzene rings is 2. The number of aromatic carboxylic acids is 1. The van der Waals surface area contributed by atoms with Crippen molar-refractivity contribution in [1.82, 2.24) is 10.1 Å². The van der Waals surface area contributed by atoms with Crippen LogP contribution in [0.15, 0.2) is 42.5 Å². The lowest BCUT2D eigenvalue weighted by Gasteiger charge is -2.25. The van der Waals surface area contributed by atoms with Crippen LogP contribution in [-0.4, -0.2) is 37.6 Å². The number of nitrogens with two attached hydrogens (primary N) is 1. The Morgan fingerprint density at radius 3 is 2.67 bits per heavy atom. The van der Waals surface area contributed by atoms with Gasteiger partial charge in [-0.3, -0.25) is 0 Å². The zero-order valence-corrected chi connectivity index (χ0v) is 12.6. The molecule has 2 aliphatic rings. The Kier molecular flexibility index (Phi) is 3.14. The predicted octanol–water partition coefficient (Wildman–Crippen LogP) is 1.39. The number of phenolic OH excluding ortho intramolecular Hbond substituents is 2. The van der Waals surface area contributed by atoms with Gasteiger partial charge in [-0.2, -0.15) is 5.01 Å². The number of para-hydroxylation sites is 1. The van der Waals surface area contributed by atoms with Crippen LogP contribution in [0.3, 0.4) is 0 Å². The topological polar surface area (TPSA) is 113 Å². The average Bonchev–Trinajstić information content (AvgIpc) is 3.12. The number of anilines is 1. The highest BCUT2D eigenvalue weighted by molar-refractivity contribution is 5.94. The molecule has 2 aliphatic heterocycles. The van der Waals surface area contributed by atoms with Crippen LogP contribution < -0.4 is 11.0 Å². The zero-order valence-electron chi connectivity index (χ0n) is 12.6. The van der Waals surface area contributed by atoms with Crippen molar-refractivity contribution in [3.63, 3.8) is 0 Å². The Labute approximate surface area is 137 Å². The first-order valence-electron chi connectivity index (χ1n) is 7.45. The molecule has 4 unspecified atom stereocenters. The molecular weight excluding hydrogens is 312 g/mol. The summed E-state index contributed by atoms with van der Waals surface area (Å²) >= 11 is 0. The summed E-state index contributed by atoms with van der Waals surface area (Å²) in [6.07, 6.45) is 0.829. The number of rotatable bonds is 4. The van der Waals surface area contributed by atoms with E-state index in [0.717, 1.165) is 12.0 Å². The van der Waals surface area contributed by atoms with Gasteiger partial charge < -0.3 is 15.3 Å². The second-order valence-electron chi connectivity index (χ2n) is 5.84. The monoisotopic (exact) mass is 328 g/mol. The second-order valence-corrected chi connectivity index (χ2v) is 5.84. The van der Waals surface area contributed by atoms with Crippen LogP contribution in [0.4, 0.5) is 5.69 Å². The van der Waals surface area contributed by atoms with Crippen LogP contribution in [0.2, 0.25) is 0 Å². The summed E-state index contributed by atoms with van der Waals surface area (Å²) in [6.45, 7) is 0. The number of nitrogens with zero attached hydrogens (tertiary/aromatic N) is 3. The molecule has 0 spiro atoms. The molecule has 0 aliphatic carbocycles. The highest BCUT2D eigenvalue weighted by Gasteiger charge is 2.63. The van der Waals surface area contributed by atoms with Crippen molar-refractivity contribution >= 4 is 11.7 Å². The van der Waals surface area contributed by atoms with Gasteiger partial charge in [0.05, 0.1) is 17.3 Å². The maximum Gasteiger partial charge on any atom is 0.337 e. The van der Waals surface area contributed by atoms with Gasteiger partial charge in [0.25, 0.3) is 0 Å². The van der Waals surface area contributed by atoms with Crippen molar-refractivity contribution in [2.75, 3.05) is 5.12 Å². The summed E-state index contributed by atoms with van der Waals surface area (Å²) in [5, 5.41) is 33.8. The minimum Gasteiger partial charge on any atom is -0.508 e. The van der Waals surface area contributed by atoms with Gasteiger partial charge in [-0.25, -0.2) is 15.8 Å². The fourth-order valence-electron chi connectivity index (χ4n) is 3.23. The van der Waals surface area contributed by atoms with Crippen molar-refractivity contribution in [3.8, 4) is 11.5 Å². The van der Waals surface area contributed by atoms with Crippen LogP contribution in [0.5, 0.6) is 11.5 Å². The molecule has 24 heavy (non-hydrogen) atoms. The van der Waals surface area contributed by atoms with E-state index in [1.165, 1.54) is 23.3 Å². The summed E-state index contributed by atoms with van der Waals surface area (Å²) < 4.78 is 0. The lowest BCUT2D eigenvalue weighted by molar-refractivity contribution is 0.0696. The van der Waals surface area contributed by atoms with Gasteiger partial charge in [-0.1, -0.05) is 18.2 Å². The molecule has 2 aromatic rings. The highest BCUT2D eigenvalue weighted by atomic mass is 16.4. The van der Waals surface area contributed by atoms with Gasteiger partial charge in [-0.15, -0.1) is 5.12 Å². The van der Waals surface area contributed by atoms with E-state index in [4.69, 9.17) is 5.84 Å². The summed E-state index contributed by atoms with van der Waals surface area (Å²) in [4.78, 5) is 11.4. The van der Waals surface area contributed by atoms with Crippen LogP contribution in [0.25, 0.3) is 0 Å². The average molecular weight is 328 g/mol. The fourth-order valence-corrected chi connectivity index (χ4v) is 3.23. The molecule has 2 saturated heterocycles. The summed E-state index contributed by atoms with van der Waals surface area (Å²) in [5.74, 6) is 5.12. The fraction of sp³-hybridized carbons (Fsp3) is 0.188. The number of hydrogen-bond acceptors (Lipinski definition) is 7. The van der Waals surface area contributed by atoms with Crippen molar-refractivity contribution in [2.24, 2.45) is 5.84 Å². The number of fused-ring (bicyclic) bond motifs is 1. The molecular formula is C16H16N4O4. The van der Waals surface area contributed by atoms with Gasteiger partial charge in [0.15, 0.2) is 0 Å². The summed E-state index contributed by atoms with van der Waals surface area (Å²) in [7, 11) is 0. The lowest BCUT2D eigenvalue weighted by atomic mass is 9.97. The largest absolute Gasteiger partial charge is 0.508 e. The van der Waals surface area contributed by atoms with Crippen LogP contribution >= 0.6 is 0 Å². The van der Waals surface area contributed by atoms with E-state index in [1.54, 1.807) is 17.3 Å². The molecule has 124 valence electrons. The van der Waals surface area contributed by atoms with E-state index in [0.29, 0.717) is 0 Å². The summed E-state index contributed by atoms with van der Waals surface area (Å²) in [5.41, 5.74) is 1.01. The van der Waals surface area contributed by atoms with Crippen LogP contribution in [-0.2, 0) is 0 Å². The molecule has 5 N–H and O–H groups in total. The van der Waals surface area contributed by atoms with Crippen molar-refractivity contribution in [1.29, 1.82) is 0 Å². The van der Waals surface area contributed by atoms with E-state index >= 15 is 0 Å². The third-order valence-electron chi connectivity index (χ3n) is 4.48. The third-order valence-corrected chi connectivity index (χ3v) is 4.48. The van der Waals surface area contributed by atoms with E-state index in [-0.39, 0.29) is 35.0 Å². The standard InChI is InChI=1S/C16H16N4O4/c17-19(13-7-9(21)5-6-11(13)16(23)24)20-15-8-12(18(15)20)10-3-1-2-4-14(10)22/h1-7,12,15,21-22H,8,17H2,(H,23,24). The number of carbonyl (C=O) groups is 1. The zero-order chi connectivity index (χ0) is 17.0. The van der Waals surface area contributed by atoms with E-state index in [2.05, 4.69) is 0 Å². The Hall–Kier alpha value is -2.81. The van der Waals surface area contributed by atoms with Crippen molar-refractivity contribution in [2.45, 2.75) is 18.6 Å². The maximum atomic E-state index is 11.4. The number of aromatic hydroxyl groups is 2. The molecule has 0 saturated carbocycles. The predicted molar refractivity (Wildman–Crippen MR) is 84.7 cm³/mol. The minimum absolute atomic E-state index is 0.00177. The van der Waals surface area contributed by atoms with Gasteiger partial charge >= 0.3 is 5.97 Å². The molecule has 2 heterocycles. The molecule has 2 fully saturated rings. The normalized spacial score (nSPS) is 27.0. The molecule has 0 amide bonds. The molecule has 4 rings (SSSR count). The van der Waals surface area contributed by atoms with Crippen LogP contribution in [0.1, 0.15) is 28.4 Å². The van der Waals surface area contributed by atoms with Crippen molar-refractivity contribution in [3.05, 3.63) is 53.6 Å². The first-order valence-corrected chi connectivity index (χ1v) is 7.45. The van der Waals surface area contributed by atoms with E-state index in [9.17, 15) is 20.1 Å². The quantitative estimate of drug-likeness (QED) is 0.378. The number of carboxylic acid groups (broad SMARTS) is 1. The Bertz CT molecular complexity index is 827. The molecule has 8 heteroatoms. The molecule has 8 nitrogen and oxygen atoms in total. The molecule has 0 bridgehead atoms. The Morgan fingerprint density at radius 1 is 1.21 bits per heavy atom. The van der Waals surface area contributed by atoms with Gasteiger partial charge in [0, 0.05) is 18.1 Å². The van der Waals surface area contributed by atoms with E-state index < -0.39 is 5.97 Å². The lowest BCUT2D eigenvalue weighted by Crippen LogP contribution is -2.39. The minimum atomic E-state index is -1.12. The molecule has 0 aromatic heterocycles. The van der Waals surface area contributed by atoms with Crippen molar-refractivity contribution < 1.29 is 20.1 Å². The second kappa shape index (κ2) is 5.10. The first-order chi connectivity index (χ1) is 11.5. The number of carboxylic acids is 1. The maximum absolute atomic E-state index is 11.4. The third kappa shape index (κ3) is 2.08.